The second kappa shape index (κ2) is 9.32. The normalized spacial score (nSPS) is 14.7. The summed E-state index contributed by atoms with van der Waals surface area (Å²) in [6.45, 7) is 11.6. The van der Waals surface area contributed by atoms with Gasteiger partial charge >= 0.3 is 5.97 Å². The number of nitrogens with zero attached hydrogens (tertiary/aromatic N) is 1. The molecule has 0 aromatic rings. The fourth-order valence-corrected chi connectivity index (χ4v) is 2.23. The molecule has 0 saturated heterocycles. The first-order valence-electron chi connectivity index (χ1n) is 7.46. The van der Waals surface area contributed by atoms with Gasteiger partial charge in [0.1, 0.15) is 5.54 Å². The lowest BCUT2D eigenvalue weighted by atomic mass is 9.97. The van der Waals surface area contributed by atoms with Crippen LogP contribution in [-0.2, 0) is 9.53 Å². The Kier molecular flexibility index (Phi) is 9.02. The molecule has 0 saturated carbocycles. The van der Waals surface area contributed by atoms with E-state index in [9.17, 15) is 4.79 Å². The lowest BCUT2D eigenvalue weighted by Crippen LogP contribution is -2.50. The predicted molar refractivity (Wildman–Crippen MR) is 80.3 cm³/mol. The summed E-state index contributed by atoms with van der Waals surface area (Å²) < 4.78 is 4.88. The van der Waals surface area contributed by atoms with E-state index >= 15 is 0 Å². The van der Waals surface area contributed by atoms with E-state index in [1.807, 2.05) is 14.0 Å². The van der Waals surface area contributed by atoms with Gasteiger partial charge in [0.05, 0.1) is 7.11 Å². The lowest BCUT2D eigenvalue weighted by Gasteiger charge is -2.31. The SMILES string of the molecule is CCC(CC)CN(CC)CCC(C)(NC)C(=O)OC. The maximum Gasteiger partial charge on any atom is 0.325 e. The van der Waals surface area contributed by atoms with Crippen molar-refractivity contribution in [1.82, 2.24) is 10.2 Å². The standard InChI is InChI=1S/C15H32N2O2/c1-7-13(8-2)12-17(9-3)11-10-15(4,16-5)14(18)19-6/h13,16H,7-12H2,1-6H3. The number of hydrogen-bond acceptors (Lipinski definition) is 4. The van der Waals surface area contributed by atoms with Gasteiger partial charge in [-0.25, -0.2) is 0 Å². The van der Waals surface area contributed by atoms with Gasteiger partial charge in [-0.3, -0.25) is 4.79 Å². The molecule has 4 heteroatoms. The number of nitrogens with one attached hydrogen (secondary N) is 1. The molecule has 0 aliphatic rings. The van der Waals surface area contributed by atoms with Gasteiger partial charge < -0.3 is 15.0 Å². The first-order valence-corrected chi connectivity index (χ1v) is 7.46. The van der Waals surface area contributed by atoms with E-state index in [0.29, 0.717) is 0 Å². The third-order valence-corrected chi connectivity index (χ3v) is 4.23. The molecule has 1 N–H and O–H groups in total. The third kappa shape index (κ3) is 5.91. The van der Waals surface area contributed by atoms with Crippen LogP contribution in [0.15, 0.2) is 0 Å². The number of esters is 1. The van der Waals surface area contributed by atoms with Crippen LogP contribution in [-0.4, -0.2) is 50.2 Å². The van der Waals surface area contributed by atoms with E-state index in [1.54, 1.807) is 0 Å². The molecule has 0 rings (SSSR count). The van der Waals surface area contributed by atoms with Crippen LogP contribution in [0.5, 0.6) is 0 Å². The Labute approximate surface area is 118 Å². The third-order valence-electron chi connectivity index (χ3n) is 4.23. The Morgan fingerprint density at radius 2 is 1.89 bits per heavy atom. The van der Waals surface area contributed by atoms with Crippen molar-refractivity contribution in [3.8, 4) is 0 Å². The first kappa shape index (κ1) is 18.4. The monoisotopic (exact) mass is 272 g/mol. The van der Waals surface area contributed by atoms with Gasteiger partial charge in [0.15, 0.2) is 0 Å². The Morgan fingerprint density at radius 1 is 1.32 bits per heavy atom. The summed E-state index contributed by atoms with van der Waals surface area (Å²) >= 11 is 0. The average Bonchev–Trinajstić information content (AvgIpc) is 2.46. The molecule has 4 nitrogen and oxygen atoms in total. The highest BCUT2D eigenvalue weighted by atomic mass is 16.5. The highest BCUT2D eigenvalue weighted by Crippen LogP contribution is 2.15. The topological polar surface area (TPSA) is 41.6 Å². The Bertz CT molecular complexity index is 255. The molecule has 1 atom stereocenters. The Morgan fingerprint density at radius 3 is 2.26 bits per heavy atom. The summed E-state index contributed by atoms with van der Waals surface area (Å²) in [7, 11) is 3.26. The van der Waals surface area contributed by atoms with Gasteiger partial charge in [0.2, 0.25) is 0 Å². The molecule has 0 bridgehead atoms. The minimum atomic E-state index is -0.587. The van der Waals surface area contributed by atoms with Crippen LogP contribution < -0.4 is 5.32 Å². The molecule has 0 aromatic heterocycles. The van der Waals surface area contributed by atoms with Crippen LogP contribution in [0.2, 0.25) is 0 Å². The second-order valence-electron chi connectivity index (χ2n) is 5.40. The summed E-state index contributed by atoms with van der Waals surface area (Å²) in [6, 6.07) is 0. The molecule has 0 aliphatic heterocycles. The summed E-state index contributed by atoms with van der Waals surface area (Å²) in [5.74, 6) is 0.563. The second-order valence-corrected chi connectivity index (χ2v) is 5.40. The number of carbonyl (C=O) groups excluding carboxylic acids is 1. The summed E-state index contributed by atoms with van der Waals surface area (Å²) in [5, 5.41) is 3.09. The van der Waals surface area contributed by atoms with Crippen molar-refractivity contribution in [2.24, 2.45) is 5.92 Å². The fraction of sp³-hybridized carbons (Fsp3) is 0.933. The Balaban J connectivity index is 4.43. The van der Waals surface area contributed by atoms with E-state index in [0.717, 1.165) is 32.0 Å². The predicted octanol–water partition coefficient (Wildman–Crippen LogP) is 2.29. The molecule has 0 aromatic carbocycles. The maximum absolute atomic E-state index is 11.8. The molecule has 114 valence electrons. The number of hydrogen-bond donors (Lipinski definition) is 1. The number of methoxy groups -OCH3 is 1. The fourth-order valence-electron chi connectivity index (χ4n) is 2.23. The van der Waals surface area contributed by atoms with Gasteiger partial charge in [-0.05, 0) is 32.9 Å². The lowest BCUT2D eigenvalue weighted by molar-refractivity contribution is -0.148. The molecular formula is C15H32N2O2. The summed E-state index contributed by atoms with van der Waals surface area (Å²) in [6.07, 6.45) is 3.20. The van der Waals surface area contributed by atoms with E-state index in [1.165, 1.54) is 20.0 Å². The van der Waals surface area contributed by atoms with Gasteiger partial charge in [0, 0.05) is 13.1 Å². The molecule has 0 aliphatic carbocycles. The van der Waals surface area contributed by atoms with Gasteiger partial charge in [-0.1, -0.05) is 33.6 Å². The zero-order valence-electron chi connectivity index (χ0n) is 13.6. The van der Waals surface area contributed by atoms with Crippen molar-refractivity contribution < 1.29 is 9.53 Å². The van der Waals surface area contributed by atoms with Crippen LogP contribution in [0.3, 0.4) is 0 Å². The molecule has 0 spiro atoms. The Hall–Kier alpha value is -0.610. The van der Waals surface area contributed by atoms with Crippen molar-refractivity contribution in [3.05, 3.63) is 0 Å². The van der Waals surface area contributed by atoms with Crippen LogP contribution >= 0.6 is 0 Å². The van der Waals surface area contributed by atoms with Crippen molar-refractivity contribution >= 4 is 5.97 Å². The zero-order chi connectivity index (χ0) is 14.9. The average molecular weight is 272 g/mol. The van der Waals surface area contributed by atoms with Crippen molar-refractivity contribution in [1.29, 1.82) is 0 Å². The van der Waals surface area contributed by atoms with Crippen molar-refractivity contribution in [3.63, 3.8) is 0 Å². The van der Waals surface area contributed by atoms with E-state index < -0.39 is 5.54 Å². The number of carbonyl (C=O) groups is 1. The highest BCUT2D eigenvalue weighted by Gasteiger charge is 2.32. The van der Waals surface area contributed by atoms with E-state index in [-0.39, 0.29) is 5.97 Å². The smallest absolute Gasteiger partial charge is 0.325 e. The van der Waals surface area contributed by atoms with Gasteiger partial charge in [0.25, 0.3) is 0 Å². The highest BCUT2D eigenvalue weighted by molar-refractivity contribution is 5.80. The van der Waals surface area contributed by atoms with Crippen molar-refractivity contribution in [2.75, 3.05) is 33.8 Å². The molecule has 0 heterocycles. The number of rotatable bonds is 10. The molecule has 0 radical (unpaired) electrons. The van der Waals surface area contributed by atoms with Gasteiger partial charge in [-0.2, -0.15) is 0 Å². The van der Waals surface area contributed by atoms with Crippen LogP contribution in [0.4, 0.5) is 0 Å². The van der Waals surface area contributed by atoms with Crippen molar-refractivity contribution in [2.45, 2.75) is 52.5 Å². The minimum absolute atomic E-state index is 0.186. The molecule has 1 unspecified atom stereocenters. The van der Waals surface area contributed by atoms with Gasteiger partial charge in [-0.15, -0.1) is 0 Å². The zero-order valence-corrected chi connectivity index (χ0v) is 13.6. The minimum Gasteiger partial charge on any atom is -0.468 e. The summed E-state index contributed by atoms with van der Waals surface area (Å²) in [4.78, 5) is 14.2. The van der Waals surface area contributed by atoms with Crippen LogP contribution in [0.25, 0.3) is 0 Å². The molecular weight excluding hydrogens is 240 g/mol. The number of ether oxygens (including phenoxy) is 1. The maximum atomic E-state index is 11.8. The molecule has 0 fully saturated rings. The van der Waals surface area contributed by atoms with E-state index in [4.69, 9.17) is 4.74 Å². The summed E-state index contributed by atoms with van der Waals surface area (Å²) in [5.41, 5.74) is -0.587. The molecule has 19 heavy (non-hydrogen) atoms. The first-order chi connectivity index (χ1) is 8.97. The van der Waals surface area contributed by atoms with E-state index in [2.05, 4.69) is 31.0 Å². The van der Waals surface area contributed by atoms with Crippen LogP contribution in [0.1, 0.15) is 47.0 Å². The molecule has 0 amide bonds. The quantitative estimate of drug-likeness (QED) is 0.620. The largest absolute Gasteiger partial charge is 0.468 e. The van der Waals surface area contributed by atoms with Crippen LogP contribution in [0, 0.1) is 5.92 Å². The number of likely N-dealkylation sites (N-methyl/N-ethyl adjacent to an activating group) is 1.